The first-order chi connectivity index (χ1) is 7.00. The van der Waals surface area contributed by atoms with Crippen LogP contribution in [0.2, 0.25) is 0 Å². The first kappa shape index (κ1) is 12.4. The first-order valence-corrected chi connectivity index (χ1v) is 6.13. The predicted octanol–water partition coefficient (Wildman–Crippen LogP) is 4.02. The Morgan fingerprint density at radius 3 is 2.40 bits per heavy atom. The van der Waals surface area contributed by atoms with Crippen LogP contribution >= 0.6 is 15.9 Å². The van der Waals surface area contributed by atoms with Crippen molar-refractivity contribution in [2.75, 3.05) is 11.1 Å². The summed E-state index contributed by atoms with van der Waals surface area (Å²) in [6, 6.07) is 5.95. The molecule has 0 saturated carbocycles. The van der Waals surface area contributed by atoms with Crippen LogP contribution in [-0.4, -0.2) is 5.54 Å². The summed E-state index contributed by atoms with van der Waals surface area (Å²) < 4.78 is 1.01. The lowest BCUT2D eigenvalue weighted by Crippen LogP contribution is -2.33. The van der Waals surface area contributed by atoms with Gasteiger partial charge in [-0.2, -0.15) is 0 Å². The average molecular weight is 271 g/mol. The highest BCUT2D eigenvalue weighted by Gasteiger charge is 2.19. The molecule has 0 fully saturated rings. The molecule has 84 valence electrons. The van der Waals surface area contributed by atoms with Crippen LogP contribution in [0.5, 0.6) is 0 Å². The molecule has 0 aliphatic rings. The number of hydrogen-bond donors (Lipinski definition) is 2. The van der Waals surface area contributed by atoms with Crippen LogP contribution in [0.4, 0.5) is 11.4 Å². The lowest BCUT2D eigenvalue weighted by Gasteiger charge is -2.30. The van der Waals surface area contributed by atoms with Crippen LogP contribution in [0.15, 0.2) is 22.7 Å². The highest BCUT2D eigenvalue weighted by atomic mass is 79.9. The Balaban J connectivity index is 2.89. The summed E-state index contributed by atoms with van der Waals surface area (Å²) in [4.78, 5) is 0. The molecule has 0 unspecified atom stereocenters. The monoisotopic (exact) mass is 270 g/mol. The molecule has 3 N–H and O–H groups in total. The van der Waals surface area contributed by atoms with Gasteiger partial charge in [-0.15, -0.1) is 0 Å². The summed E-state index contributed by atoms with van der Waals surface area (Å²) in [5, 5.41) is 3.50. The number of nitrogens with one attached hydrogen (secondary N) is 1. The molecular formula is C12H19BrN2. The van der Waals surface area contributed by atoms with Gasteiger partial charge < -0.3 is 11.1 Å². The first-order valence-electron chi connectivity index (χ1n) is 5.34. The van der Waals surface area contributed by atoms with Gasteiger partial charge in [0.05, 0.1) is 11.4 Å². The van der Waals surface area contributed by atoms with Crippen LogP contribution in [0, 0.1) is 0 Å². The number of rotatable bonds is 4. The van der Waals surface area contributed by atoms with E-state index in [2.05, 4.69) is 42.0 Å². The summed E-state index contributed by atoms with van der Waals surface area (Å²) in [7, 11) is 0. The number of benzene rings is 1. The molecule has 0 heterocycles. The van der Waals surface area contributed by atoms with E-state index >= 15 is 0 Å². The molecule has 0 amide bonds. The highest BCUT2D eigenvalue weighted by Crippen LogP contribution is 2.28. The molecule has 0 aromatic heterocycles. The highest BCUT2D eigenvalue weighted by molar-refractivity contribution is 9.10. The molecule has 2 nitrogen and oxygen atoms in total. The van der Waals surface area contributed by atoms with Crippen molar-refractivity contribution < 1.29 is 0 Å². The molecule has 1 aromatic rings. The van der Waals surface area contributed by atoms with Crippen molar-refractivity contribution in [2.24, 2.45) is 0 Å². The van der Waals surface area contributed by atoms with Gasteiger partial charge in [-0.1, -0.05) is 29.8 Å². The maximum absolute atomic E-state index is 5.95. The largest absolute Gasteiger partial charge is 0.397 e. The standard InChI is InChI=1S/C12H19BrN2/c1-4-12(3,5-2)15-11-7-6-9(13)8-10(11)14/h6-8,15H,4-5,14H2,1-3H3. The lowest BCUT2D eigenvalue weighted by atomic mass is 9.95. The number of nitrogens with two attached hydrogens (primary N) is 1. The maximum atomic E-state index is 5.95. The van der Waals surface area contributed by atoms with E-state index in [-0.39, 0.29) is 5.54 Å². The third-order valence-corrected chi connectivity index (χ3v) is 3.50. The molecule has 15 heavy (non-hydrogen) atoms. The fourth-order valence-electron chi connectivity index (χ4n) is 1.40. The van der Waals surface area contributed by atoms with Crippen molar-refractivity contribution in [3.8, 4) is 0 Å². The second-order valence-corrected chi connectivity index (χ2v) is 5.04. The fourth-order valence-corrected chi connectivity index (χ4v) is 1.78. The Morgan fingerprint density at radius 1 is 1.33 bits per heavy atom. The number of hydrogen-bond acceptors (Lipinski definition) is 2. The topological polar surface area (TPSA) is 38.0 Å². The van der Waals surface area contributed by atoms with E-state index in [4.69, 9.17) is 5.73 Å². The zero-order valence-corrected chi connectivity index (χ0v) is 11.2. The van der Waals surface area contributed by atoms with Crippen LogP contribution in [0.3, 0.4) is 0 Å². The Hall–Kier alpha value is -0.700. The van der Waals surface area contributed by atoms with Crippen LogP contribution < -0.4 is 11.1 Å². The summed E-state index contributed by atoms with van der Waals surface area (Å²) in [5.41, 5.74) is 7.88. The molecule has 0 aliphatic carbocycles. The van der Waals surface area contributed by atoms with Crippen molar-refractivity contribution in [1.29, 1.82) is 0 Å². The molecule has 0 aliphatic heterocycles. The lowest BCUT2D eigenvalue weighted by molar-refractivity contribution is 0.479. The van der Waals surface area contributed by atoms with Gasteiger partial charge in [-0.3, -0.25) is 0 Å². The number of halogens is 1. The Labute approximate surface area is 100 Å². The number of anilines is 2. The SMILES string of the molecule is CCC(C)(CC)Nc1ccc(Br)cc1N. The van der Waals surface area contributed by atoms with Crippen LogP contribution in [0.1, 0.15) is 33.6 Å². The summed E-state index contributed by atoms with van der Waals surface area (Å²) >= 11 is 3.40. The van der Waals surface area contributed by atoms with E-state index in [1.807, 2.05) is 18.2 Å². The summed E-state index contributed by atoms with van der Waals surface area (Å²) in [6.45, 7) is 6.59. The van der Waals surface area contributed by atoms with Crippen LogP contribution in [0.25, 0.3) is 0 Å². The van der Waals surface area contributed by atoms with Crippen molar-refractivity contribution in [3.05, 3.63) is 22.7 Å². The van der Waals surface area contributed by atoms with Gasteiger partial charge in [0, 0.05) is 10.0 Å². The van der Waals surface area contributed by atoms with Gasteiger partial charge in [0.2, 0.25) is 0 Å². The molecular weight excluding hydrogens is 252 g/mol. The van der Waals surface area contributed by atoms with Crippen molar-refractivity contribution in [1.82, 2.24) is 0 Å². The molecule has 0 spiro atoms. The molecule has 1 aromatic carbocycles. The Bertz CT molecular complexity index is 332. The fraction of sp³-hybridized carbons (Fsp3) is 0.500. The molecule has 0 radical (unpaired) electrons. The van der Waals surface area contributed by atoms with E-state index in [1.165, 1.54) is 0 Å². The molecule has 3 heteroatoms. The average Bonchev–Trinajstić information content (AvgIpc) is 2.22. The predicted molar refractivity (Wildman–Crippen MR) is 71.2 cm³/mol. The molecule has 1 rings (SSSR count). The van der Waals surface area contributed by atoms with E-state index < -0.39 is 0 Å². The van der Waals surface area contributed by atoms with E-state index in [0.29, 0.717) is 0 Å². The Kier molecular flexibility index (Phi) is 4.03. The zero-order valence-electron chi connectivity index (χ0n) is 9.60. The van der Waals surface area contributed by atoms with Crippen molar-refractivity contribution in [3.63, 3.8) is 0 Å². The smallest absolute Gasteiger partial charge is 0.0578 e. The van der Waals surface area contributed by atoms with Crippen molar-refractivity contribution >= 4 is 27.3 Å². The summed E-state index contributed by atoms with van der Waals surface area (Å²) in [6.07, 6.45) is 2.16. The van der Waals surface area contributed by atoms with E-state index in [9.17, 15) is 0 Å². The van der Waals surface area contributed by atoms with Crippen LogP contribution in [-0.2, 0) is 0 Å². The van der Waals surface area contributed by atoms with Gasteiger partial charge in [-0.05, 0) is 38.0 Å². The minimum Gasteiger partial charge on any atom is -0.397 e. The maximum Gasteiger partial charge on any atom is 0.0578 e. The second-order valence-electron chi connectivity index (χ2n) is 4.12. The van der Waals surface area contributed by atoms with Crippen molar-refractivity contribution in [2.45, 2.75) is 39.2 Å². The van der Waals surface area contributed by atoms with E-state index in [1.54, 1.807) is 0 Å². The molecule has 0 bridgehead atoms. The zero-order chi connectivity index (χ0) is 11.5. The normalized spacial score (nSPS) is 11.5. The minimum absolute atomic E-state index is 0.127. The van der Waals surface area contributed by atoms with Gasteiger partial charge >= 0.3 is 0 Å². The van der Waals surface area contributed by atoms with Gasteiger partial charge in [0.1, 0.15) is 0 Å². The Morgan fingerprint density at radius 2 is 1.93 bits per heavy atom. The van der Waals surface area contributed by atoms with E-state index in [0.717, 1.165) is 28.7 Å². The quantitative estimate of drug-likeness (QED) is 0.811. The van der Waals surface area contributed by atoms with Gasteiger partial charge in [-0.25, -0.2) is 0 Å². The summed E-state index contributed by atoms with van der Waals surface area (Å²) in [5.74, 6) is 0. The molecule has 0 saturated heterocycles. The second kappa shape index (κ2) is 4.88. The molecule has 0 atom stereocenters. The third-order valence-electron chi connectivity index (χ3n) is 3.01. The van der Waals surface area contributed by atoms with Gasteiger partial charge in [0.25, 0.3) is 0 Å². The third kappa shape index (κ3) is 3.13. The minimum atomic E-state index is 0.127. The number of nitrogen functional groups attached to an aromatic ring is 1. The van der Waals surface area contributed by atoms with Gasteiger partial charge in [0.15, 0.2) is 0 Å².